The number of likely N-dealkylation sites (tertiary alicyclic amines) is 1. The first-order valence-electron chi connectivity index (χ1n) is 8.78. The summed E-state index contributed by atoms with van der Waals surface area (Å²) < 4.78 is 39.7. The van der Waals surface area contributed by atoms with E-state index in [1.54, 1.807) is 35.2 Å². The molecule has 1 aliphatic rings. The van der Waals surface area contributed by atoms with Crippen LogP contribution < -0.4 is 0 Å². The minimum absolute atomic E-state index is 0.0277. The molecule has 1 saturated heterocycles. The lowest BCUT2D eigenvalue weighted by atomic mass is 10.0. The number of nitrogens with zero attached hydrogens (tertiary/aromatic N) is 3. The zero-order chi connectivity index (χ0) is 19.4. The van der Waals surface area contributed by atoms with E-state index in [1.165, 1.54) is 0 Å². The fraction of sp³-hybridized carbons (Fsp3) is 0.421. The molecule has 2 heterocycles. The fourth-order valence-corrected chi connectivity index (χ4v) is 3.81. The van der Waals surface area contributed by atoms with Gasteiger partial charge in [-0.3, -0.25) is 4.79 Å². The average Bonchev–Trinajstić information content (AvgIpc) is 2.66. The summed E-state index contributed by atoms with van der Waals surface area (Å²) in [5, 5.41) is -0.0401. The highest BCUT2D eigenvalue weighted by Crippen LogP contribution is 2.32. The molecule has 1 atom stereocenters. The Morgan fingerprint density at radius 3 is 2.63 bits per heavy atom. The third-order valence-electron chi connectivity index (χ3n) is 4.51. The van der Waals surface area contributed by atoms with Gasteiger partial charge in [-0.1, -0.05) is 42.1 Å². The van der Waals surface area contributed by atoms with Gasteiger partial charge in [0.1, 0.15) is 5.69 Å². The number of thioether (sulfide) groups is 1. The lowest BCUT2D eigenvalue weighted by molar-refractivity contribution is -0.141. The number of hydrogen-bond donors (Lipinski definition) is 0. The molecule has 0 N–H and O–H groups in total. The summed E-state index contributed by atoms with van der Waals surface area (Å²) in [5.74, 6) is -0.0608. The summed E-state index contributed by atoms with van der Waals surface area (Å²) in [5.41, 5.74) is -0.236. The van der Waals surface area contributed by atoms with Crippen LogP contribution in [-0.4, -0.2) is 39.1 Å². The summed E-state index contributed by atoms with van der Waals surface area (Å²) in [7, 11) is 0. The van der Waals surface area contributed by atoms with Crippen molar-refractivity contribution in [2.45, 2.75) is 43.6 Å². The fourth-order valence-electron chi connectivity index (χ4n) is 3.07. The van der Waals surface area contributed by atoms with E-state index in [4.69, 9.17) is 0 Å². The van der Waals surface area contributed by atoms with Gasteiger partial charge in [-0.2, -0.15) is 13.2 Å². The zero-order valence-electron chi connectivity index (χ0n) is 14.9. The van der Waals surface area contributed by atoms with Crippen molar-refractivity contribution in [3.63, 3.8) is 0 Å². The van der Waals surface area contributed by atoms with Crippen LogP contribution in [0.4, 0.5) is 13.2 Å². The number of alkyl halides is 3. The molecule has 0 aliphatic carbocycles. The Bertz CT molecular complexity index is 799. The molecule has 1 fully saturated rings. The highest BCUT2D eigenvalue weighted by molar-refractivity contribution is 7.99. The van der Waals surface area contributed by atoms with Gasteiger partial charge >= 0.3 is 6.18 Å². The molecule has 2 aromatic rings. The monoisotopic (exact) mass is 395 g/mol. The van der Waals surface area contributed by atoms with Gasteiger partial charge in [-0.25, -0.2) is 9.97 Å². The highest BCUT2D eigenvalue weighted by atomic mass is 32.2. The topological polar surface area (TPSA) is 46.1 Å². The molecule has 1 aromatic carbocycles. The van der Waals surface area contributed by atoms with Crippen molar-refractivity contribution in [2.75, 3.05) is 12.3 Å². The van der Waals surface area contributed by atoms with Crippen LogP contribution in [0.25, 0.3) is 11.3 Å². The van der Waals surface area contributed by atoms with E-state index in [9.17, 15) is 18.0 Å². The number of benzene rings is 1. The van der Waals surface area contributed by atoms with E-state index in [1.807, 2.05) is 6.92 Å². The number of amides is 1. The maximum Gasteiger partial charge on any atom is 0.433 e. The van der Waals surface area contributed by atoms with Crippen molar-refractivity contribution in [2.24, 2.45) is 0 Å². The second kappa shape index (κ2) is 8.29. The number of rotatable bonds is 4. The van der Waals surface area contributed by atoms with Gasteiger partial charge in [0.15, 0.2) is 5.16 Å². The van der Waals surface area contributed by atoms with E-state index in [2.05, 4.69) is 9.97 Å². The molecule has 1 aliphatic heterocycles. The summed E-state index contributed by atoms with van der Waals surface area (Å²) in [6, 6.07) is 9.73. The van der Waals surface area contributed by atoms with Crippen molar-refractivity contribution < 1.29 is 18.0 Å². The first kappa shape index (κ1) is 19.7. The number of carbonyl (C=O) groups is 1. The SMILES string of the molecule is C[C@H]1CCCCN1C(=O)CSc1nc(-c2ccccc2)cc(C(F)(F)F)n1. The van der Waals surface area contributed by atoms with Crippen LogP contribution in [0.2, 0.25) is 0 Å². The van der Waals surface area contributed by atoms with E-state index in [0.29, 0.717) is 12.1 Å². The maximum atomic E-state index is 13.2. The Kier molecular flexibility index (Phi) is 6.04. The predicted molar refractivity (Wildman–Crippen MR) is 98.2 cm³/mol. The number of halogens is 3. The Labute approximate surface area is 160 Å². The molecule has 0 unspecified atom stereocenters. The molecule has 0 saturated carbocycles. The number of piperidine rings is 1. The molecule has 144 valence electrons. The first-order valence-corrected chi connectivity index (χ1v) is 9.77. The van der Waals surface area contributed by atoms with Crippen LogP contribution in [0.1, 0.15) is 31.9 Å². The largest absolute Gasteiger partial charge is 0.433 e. The molecule has 0 radical (unpaired) electrons. The minimum Gasteiger partial charge on any atom is -0.339 e. The van der Waals surface area contributed by atoms with Gasteiger partial charge in [0.25, 0.3) is 0 Å². The van der Waals surface area contributed by atoms with Gasteiger partial charge < -0.3 is 4.90 Å². The first-order chi connectivity index (χ1) is 12.8. The van der Waals surface area contributed by atoms with Gasteiger partial charge in [0, 0.05) is 18.2 Å². The summed E-state index contributed by atoms with van der Waals surface area (Å²) in [4.78, 5) is 22.1. The third-order valence-corrected chi connectivity index (χ3v) is 5.35. The van der Waals surface area contributed by atoms with E-state index >= 15 is 0 Å². The second-order valence-electron chi connectivity index (χ2n) is 6.51. The summed E-state index contributed by atoms with van der Waals surface area (Å²) in [6.07, 6.45) is -1.57. The number of hydrogen-bond acceptors (Lipinski definition) is 4. The minimum atomic E-state index is -4.58. The van der Waals surface area contributed by atoms with Crippen LogP contribution in [0.5, 0.6) is 0 Å². The quantitative estimate of drug-likeness (QED) is 0.558. The summed E-state index contributed by atoms with van der Waals surface area (Å²) >= 11 is 0.950. The van der Waals surface area contributed by atoms with Crippen molar-refractivity contribution in [1.82, 2.24) is 14.9 Å². The van der Waals surface area contributed by atoms with E-state index in [-0.39, 0.29) is 28.6 Å². The zero-order valence-corrected chi connectivity index (χ0v) is 15.7. The van der Waals surface area contributed by atoms with Gasteiger partial charge in [0.05, 0.1) is 11.4 Å². The normalized spacial score (nSPS) is 17.8. The van der Waals surface area contributed by atoms with E-state index in [0.717, 1.165) is 37.1 Å². The molecule has 1 aromatic heterocycles. The molecule has 8 heteroatoms. The molecule has 0 spiro atoms. The smallest absolute Gasteiger partial charge is 0.339 e. The van der Waals surface area contributed by atoms with Gasteiger partial charge in [0.2, 0.25) is 5.91 Å². The van der Waals surface area contributed by atoms with Crippen LogP contribution in [-0.2, 0) is 11.0 Å². The molecule has 3 rings (SSSR count). The Morgan fingerprint density at radius 1 is 1.22 bits per heavy atom. The Morgan fingerprint density at radius 2 is 1.96 bits per heavy atom. The average molecular weight is 395 g/mol. The third kappa shape index (κ3) is 5.00. The molecule has 0 bridgehead atoms. The number of carbonyl (C=O) groups excluding carboxylic acids is 1. The van der Waals surface area contributed by atoms with Crippen molar-refractivity contribution >= 4 is 17.7 Å². The van der Waals surface area contributed by atoms with Crippen molar-refractivity contribution in [3.05, 3.63) is 42.1 Å². The van der Waals surface area contributed by atoms with Gasteiger partial charge in [-0.05, 0) is 32.3 Å². The molecule has 1 amide bonds. The van der Waals surface area contributed by atoms with Gasteiger partial charge in [-0.15, -0.1) is 0 Å². The van der Waals surface area contributed by atoms with Crippen LogP contribution in [0.15, 0.2) is 41.6 Å². The van der Waals surface area contributed by atoms with Crippen molar-refractivity contribution in [3.8, 4) is 11.3 Å². The van der Waals surface area contributed by atoms with Crippen LogP contribution in [0, 0.1) is 0 Å². The molecular formula is C19H20F3N3OS. The molecular weight excluding hydrogens is 375 g/mol. The molecule has 27 heavy (non-hydrogen) atoms. The number of aromatic nitrogens is 2. The maximum absolute atomic E-state index is 13.2. The van der Waals surface area contributed by atoms with Crippen LogP contribution in [0.3, 0.4) is 0 Å². The second-order valence-corrected chi connectivity index (χ2v) is 7.45. The Balaban J connectivity index is 1.81. The lowest BCUT2D eigenvalue weighted by Crippen LogP contribution is -2.42. The highest BCUT2D eigenvalue weighted by Gasteiger charge is 2.34. The standard InChI is InChI=1S/C19H20F3N3OS/c1-13-7-5-6-10-25(13)17(26)12-27-18-23-15(14-8-3-2-4-9-14)11-16(24-18)19(20,21)22/h2-4,8-9,11,13H,5-7,10,12H2,1H3/t13-/m0/s1. The predicted octanol–water partition coefficient (Wildman–Crippen LogP) is 4.66. The van der Waals surface area contributed by atoms with E-state index < -0.39 is 11.9 Å². The Hall–Kier alpha value is -2.09. The van der Waals surface area contributed by atoms with Crippen molar-refractivity contribution in [1.29, 1.82) is 0 Å². The lowest BCUT2D eigenvalue weighted by Gasteiger charge is -2.33. The van der Waals surface area contributed by atoms with Crippen LogP contribution >= 0.6 is 11.8 Å². The summed E-state index contributed by atoms with van der Waals surface area (Å²) in [6.45, 7) is 2.69. The molecule has 4 nitrogen and oxygen atoms in total.